The van der Waals surface area contributed by atoms with Gasteiger partial charge in [0, 0.05) is 30.1 Å². The number of nitrogens with zero attached hydrogens (tertiary/aromatic N) is 1. The number of hydrogen-bond acceptors (Lipinski definition) is 4. The summed E-state index contributed by atoms with van der Waals surface area (Å²) in [5, 5.41) is 2.66. The molecule has 0 spiro atoms. The van der Waals surface area contributed by atoms with Gasteiger partial charge in [0.2, 0.25) is 5.88 Å². The molecule has 0 radical (unpaired) electrons. The summed E-state index contributed by atoms with van der Waals surface area (Å²) < 4.78 is 18.9. The SMILES string of the molecule is Cc1ccc(C(=O)NCc2cccnc2Oc2cccc(F)c2)c(=O)[nH]1. The first-order chi connectivity index (χ1) is 12.5. The minimum absolute atomic E-state index is 0.0205. The molecule has 1 amide bonds. The number of hydrogen-bond donors (Lipinski definition) is 2. The maximum Gasteiger partial charge on any atom is 0.260 e. The zero-order valence-corrected chi connectivity index (χ0v) is 14.0. The second-order valence-electron chi connectivity index (χ2n) is 5.59. The monoisotopic (exact) mass is 353 g/mol. The second kappa shape index (κ2) is 7.60. The number of ether oxygens (including phenoxy) is 1. The minimum atomic E-state index is -0.508. The van der Waals surface area contributed by atoms with Crippen molar-refractivity contribution in [2.24, 2.45) is 0 Å². The van der Waals surface area contributed by atoms with Gasteiger partial charge in [-0.15, -0.1) is 0 Å². The number of carbonyl (C=O) groups is 1. The predicted octanol–water partition coefficient (Wildman–Crippen LogP) is 2.94. The normalized spacial score (nSPS) is 10.4. The Hall–Kier alpha value is -3.48. The van der Waals surface area contributed by atoms with Crippen molar-refractivity contribution >= 4 is 5.91 Å². The number of aromatic amines is 1. The fourth-order valence-corrected chi connectivity index (χ4v) is 2.31. The third kappa shape index (κ3) is 4.13. The van der Waals surface area contributed by atoms with E-state index in [9.17, 15) is 14.0 Å². The fourth-order valence-electron chi connectivity index (χ4n) is 2.31. The lowest BCUT2D eigenvalue weighted by molar-refractivity contribution is 0.0949. The van der Waals surface area contributed by atoms with E-state index in [-0.39, 0.29) is 18.0 Å². The van der Waals surface area contributed by atoms with E-state index in [1.807, 2.05) is 0 Å². The van der Waals surface area contributed by atoms with Crippen LogP contribution >= 0.6 is 0 Å². The highest BCUT2D eigenvalue weighted by Gasteiger charge is 2.12. The van der Waals surface area contributed by atoms with E-state index in [0.717, 1.165) is 0 Å². The van der Waals surface area contributed by atoms with Gasteiger partial charge in [-0.1, -0.05) is 12.1 Å². The summed E-state index contributed by atoms with van der Waals surface area (Å²) in [6.07, 6.45) is 1.53. The van der Waals surface area contributed by atoms with Crippen molar-refractivity contribution in [3.63, 3.8) is 0 Å². The molecule has 0 aliphatic heterocycles. The van der Waals surface area contributed by atoms with E-state index >= 15 is 0 Å². The Morgan fingerprint density at radius 1 is 1.23 bits per heavy atom. The van der Waals surface area contributed by atoms with E-state index in [4.69, 9.17) is 4.74 Å². The molecule has 0 saturated carbocycles. The number of rotatable bonds is 5. The molecule has 132 valence electrons. The molecule has 0 unspecified atom stereocenters. The number of pyridine rings is 2. The van der Waals surface area contributed by atoms with Gasteiger partial charge in [0.15, 0.2) is 0 Å². The van der Waals surface area contributed by atoms with Crippen LogP contribution in [0.3, 0.4) is 0 Å². The number of carbonyl (C=O) groups excluding carboxylic acids is 1. The Kier molecular flexibility index (Phi) is 5.07. The molecular formula is C19H16FN3O3. The van der Waals surface area contributed by atoms with Gasteiger partial charge in [0.05, 0.1) is 0 Å². The standard InChI is InChI=1S/C19H16FN3O3/c1-12-7-8-16(18(25)23-12)17(24)22-11-13-4-3-9-21-19(13)26-15-6-2-5-14(20)10-15/h2-10H,11H2,1H3,(H,22,24)(H,23,25). The van der Waals surface area contributed by atoms with E-state index < -0.39 is 17.3 Å². The maximum absolute atomic E-state index is 13.3. The summed E-state index contributed by atoms with van der Waals surface area (Å²) >= 11 is 0. The molecule has 2 N–H and O–H groups in total. The van der Waals surface area contributed by atoms with Crippen molar-refractivity contribution in [3.05, 3.63) is 87.7 Å². The predicted molar refractivity (Wildman–Crippen MR) is 93.7 cm³/mol. The Bertz CT molecular complexity index is 1000. The first kappa shape index (κ1) is 17.3. The van der Waals surface area contributed by atoms with Crippen LogP contribution < -0.4 is 15.6 Å². The average molecular weight is 353 g/mol. The van der Waals surface area contributed by atoms with Gasteiger partial charge in [-0.25, -0.2) is 9.37 Å². The van der Waals surface area contributed by atoms with Gasteiger partial charge >= 0.3 is 0 Å². The first-order valence-electron chi connectivity index (χ1n) is 7.88. The van der Waals surface area contributed by atoms with Crippen molar-refractivity contribution < 1.29 is 13.9 Å². The highest BCUT2D eigenvalue weighted by Crippen LogP contribution is 2.23. The third-order valence-electron chi connectivity index (χ3n) is 3.60. The molecule has 3 aromatic rings. The molecule has 0 saturated heterocycles. The second-order valence-corrected chi connectivity index (χ2v) is 5.59. The van der Waals surface area contributed by atoms with Crippen LogP contribution in [-0.4, -0.2) is 15.9 Å². The Labute approximate surface area is 148 Å². The van der Waals surface area contributed by atoms with E-state index in [1.54, 1.807) is 31.2 Å². The minimum Gasteiger partial charge on any atom is -0.439 e. The highest BCUT2D eigenvalue weighted by atomic mass is 19.1. The number of nitrogens with one attached hydrogen (secondary N) is 2. The van der Waals surface area contributed by atoms with Gasteiger partial charge in [0.1, 0.15) is 17.1 Å². The Morgan fingerprint density at radius 3 is 2.85 bits per heavy atom. The summed E-state index contributed by atoms with van der Waals surface area (Å²) in [6, 6.07) is 12.2. The molecule has 0 aliphatic rings. The summed E-state index contributed by atoms with van der Waals surface area (Å²) in [7, 11) is 0. The van der Waals surface area contributed by atoms with Crippen molar-refractivity contribution in [1.82, 2.24) is 15.3 Å². The van der Waals surface area contributed by atoms with Gasteiger partial charge in [-0.05, 0) is 37.3 Å². The van der Waals surface area contributed by atoms with Gasteiger partial charge in [0.25, 0.3) is 11.5 Å². The van der Waals surface area contributed by atoms with Gasteiger partial charge < -0.3 is 15.0 Å². The zero-order valence-electron chi connectivity index (χ0n) is 14.0. The molecule has 2 aromatic heterocycles. The molecular weight excluding hydrogens is 337 g/mol. The van der Waals surface area contributed by atoms with Crippen molar-refractivity contribution in [2.75, 3.05) is 0 Å². The van der Waals surface area contributed by atoms with E-state index in [0.29, 0.717) is 17.0 Å². The number of amides is 1. The van der Waals surface area contributed by atoms with E-state index in [2.05, 4.69) is 15.3 Å². The number of aromatic nitrogens is 2. The van der Waals surface area contributed by atoms with Crippen LogP contribution in [-0.2, 0) is 6.54 Å². The van der Waals surface area contributed by atoms with Crippen LogP contribution in [0.5, 0.6) is 11.6 Å². The fraction of sp³-hybridized carbons (Fsp3) is 0.105. The zero-order chi connectivity index (χ0) is 18.5. The van der Waals surface area contributed by atoms with Crippen molar-refractivity contribution in [3.8, 4) is 11.6 Å². The molecule has 0 fully saturated rings. The van der Waals surface area contributed by atoms with Crippen LogP contribution in [0, 0.1) is 12.7 Å². The number of benzene rings is 1. The molecule has 6 nitrogen and oxygen atoms in total. The third-order valence-corrected chi connectivity index (χ3v) is 3.60. The largest absolute Gasteiger partial charge is 0.439 e. The molecule has 2 heterocycles. The Morgan fingerprint density at radius 2 is 2.08 bits per heavy atom. The lowest BCUT2D eigenvalue weighted by atomic mass is 10.2. The summed E-state index contributed by atoms with van der Waals surface area (Å²) in [6.45, 7) is 1.83. The Balaban J connectivity index is 1.74. The smallest absolute Gasteiger partial charge is 0.260 e. The molecule has 0 atom stereocenters. The lowest BCUT2D eigenvalue weighted by Crippen LogP contribution is -2.29. The van der Waals surface area contributed by atoms with Crippen LogP contribution in [0.4, 0.5) is 4.39 Å². The van der Waals surface area contributed by atoms with Gasteiger partial charge in [-0.3, -0.25) is 9.59 Å². The topological polar surface area (TPSA) is 84.1 Å². The van der Waals surface area contributed by atoms with E-state index in [1.165, 1.54) is 30.5 Å². The van der Waals surface area contributed by atoms with Crippen molar-refractivity contribution in [2.45, 2.75) is 13.5 Å². The number of halogens is 1. The lowest BCUT2D eigenvalue weighted by Gasteiger charge is -2.11. The van der Waals surface area contributed by atoms with Crippen LogP contribution in [0.2, 0.25) is 0 Å². The molecule has 1 aromatic carbocycles. The number of H-pyrrole nitrogens is 1. The molecule has 7 heteroatoms. The quantitative estimate of drug-likeness (QED) is 0.739. The number of aryl methyl sites for hydroxylation is 1. The molecule has 0 bridgehead atoms. The van der Waals surface area contributed by atoms with Crippen molar-refractivity contribution in [1.29, 1.82) is 0 Å². The first-order valence-corrected chi connectivity index (χ1v) is 7.88. The average Bonchev–Trinajstić information content (AvgIpc) is 2.61. The summed E-state index contributed by atoms with van der Waals surface area (Å²) in [4.78, 5) is 30.8. The summed E-state index contributed by atoms with van der Waals surface area (Å²) in [5.74, 6) is -0.388. The summed E-state index contributed by atoms with van der Waals surface area (Å²) in [5.41, 5.74) is 0.829. The molecule has 3 rings (SSSR count). The van der Waals surface area contributed by atoms with Crippen LogP contribution in [0.25, 0.3) is 0 Å². The molecule has 0 aliphatic carbocycles. The highest BCUT2D eigenvalue weighted by molar-refractivity contribution is 5.93. The van der Waals surface area contributed by atoms with Crippen LogP contribution in [0.1, 0.15) is 21.6 Å². The molecule has 26 heavy (non-hydrogen) atoms. The van der Waals surface area contributed by atoms with Crippen LogP contribution in [0.15, 0.2) is 59.5 Å². The van der Waals surface area contributed by atoms with Gasteiger partial charge in [-0.2, -0.15) is 0 Å². The maximum atomic E-state index is 13.3.